The van der Waals surface area contributed by atoms with Gasteiger partial charge in [-0.1, -0.05) is 48.0 Å². The van der Waals surface area contributed by atoms with E-state index in [2.05, 4.69) is 9.97 Å². The molecule has 1 unspecified atom stereocenters. The molecule has 2 heterocycles. The molecule has 176 valence electrons. The topological polar surface area (TPSA) is 116 Å². The number of benzene rings is 3. The molecule has 0 bridgehead atoms. The highest BCUT2D eigenvalue weighted by Gasteiger charge is 2.48. The molecule has 3 N–H and O–H groups in total. The molecule has 0 saturated carbocycles. The summed E-state index contributed by atoms with van der Waals surface area (Å²) < 4.78 is 5.53. The minimum atomic E-state index is -1.00. The smallest absolute Gasteiger partial charge is 0.302 e. The number of H-pyrrole nitrogens is 1. The van der Waals surface area contributed by atoms with Crippen molar-refractivity contribution in [2.75, 3.05) is 11.5 Å². The van der Waals surface area contributed by atoms with E-state index in [-0.39, 0.29) is 28.8 Å². The highest BCUT2D eigenvalue weighted by Crippen LogP contribution is 2.43. The van der Waals surface area contributed by atoms with Crippen molar-refractivity contribution >= 4 is 34.4 Å². The Labute approximate surface area is 201 Å². The average molecular weight is 469 g/mol. The number of aliphatic hydroxyl groups excluding tert-OH is 1. The number of anilines is 1. The van der Waals surface area contributed by atoms with Gasteiger partial charge in [0.15, 0.2) is 11.5 Å². The molecule has 1 aromatic heterocycles. The van der Waals surface area contributed by atoms with E-state index in [9.17, 15) is 19.8 Å². The van der Waals surface area contributed by atoms with Crippen LogP contribution in [0.4, 0.5) is 5.95 Å². The first-order valence-corrected chi connectivity index (χ1v) is 11.2. The van der Waals surface area contributed by atoms with Crippen LogP contribution in [0.3, 0.4) is 0 Å². The number of aryl methyl sites for hydroxylation is 1. The molecule has 0 radical (unpaired) electrons. The fraction of sp³-hybridized carbons (Fsp3) is 0.148. The van der Waals surface area contributed by atoms with Gasteiger partial charge in [-0.05, 0) is 43.7 Å². The number of hydrogen-bond donors (Lipinski definition) is 3. The number of fused-ring (bicyclic) bond motifs is 1. The number of amides is 1. The number of ether oxygens (including phenoxy) is 1. The van der Waals surface area contributed by atoms with Crippen LogP contribution in [0.25, 0.3) is 16.8 Å². The Bertz CT molecular complexity index is 1450. The molecule has 1 saturated heterocycles. The third kappa shape index (κ3) is 3.78. The maximum Gasteiger partial charge on any atom is 0.302 e. The SMILES string of the molecule is CCOc1cc(C2/C(=C(\O)c3ccc(C)cc3)C(=O)C(=O)N2c2nc3ccccc3[nH]2)ccc1O. The number of phenols is 1. The minimum absolute atomic E-state index is 0.0742. The molecular formula is C27H23N3O5. The predicted molar refractivity (Wildman–Crippen MR) is 131 cm³/mol. The lowest BCUT2D eigenvalue weighted by Crippen LogP contribution is -2.30. The largest absolute Gasteiger partial charge is 0.507 e. The van der Waals surface area contributed by atoms with Gasteiger partial charge in [0, 0.05) is 5.56 Å². The fourth-order valence-corrected chi connectivity index (χ4v) is 4.26. The number of aromatic amines is 1. The van der Waals surface area contributed by atoms with E-state index >= 15 is 0 Å². The molecule has 4 aromatic rings. The number of hydrogen-bond acceptors (Lipinski definition) is 6. The molecular weight excluding hydrogens is 446 g/mol. The number of ketones is 1. The van der Waals surface area contributed by atoms with Crippen molar-refractivity contribution < 1.29 is 24.5 Å². The summed E-state index contributed by atoms with van der Waals surface area (Å²) in [5.74, 6) is -1.65. The minimum Gasteiger partial charge on any atom is -0.507 e. The number of phenolic OH excluding ortho intramolecular Hbond substituents is 1. The van der Waals surface area contributed by atoms with Crippen LogP contribution < -0.4 is 9.64 Å². The standard InChI is InChI=1S/C27H23N3O5/c1-3-35-21-14-17(12-13-20(21)31)23-22(24(32)16-10-8-15(2)9-11-16)25(33)26(34)30(23)27-28-18-6-4-5-7-19(18)29-27/h4-14,23,31-32H,3H2,1-2H3,(H,28,29)/b24-22+. The summed E-state index contributed by atoms with van der Waals surface area (Å²) in [5.41, 5.74) is 3.12. The van der Waals surface area contributed by atoms with Crippen molar-refractivity contribution in [3.8, 4) is 11.5 Å². The van der Waals surface area contributed by atoms with Crippen molar-refractivity contribution in [3.05, 3.63) is 89.0 Å². The highest BCUT2D eigenvalue weighted by molar-refractivity contribution is 6.51. The lowest BCUT2D eigenvalue weighted by molar-refractivity contribution is -0.132. The second kappa shape index (κ2) is 8.64. The monoisotopic (exact) mass is 469 g/mol. The van der Waals surface area contributed by atoms with Crippen LogP contribution in [-0.2, 0) is 9.59 Å². The Morgan fingerprint density at radius 2 is 1.83 bits per heavy atom. The van der Waals surface area contributed by atoms with E-state index in [0.29, 0.717) is 28.8 Å². The Hall–Kier alpha value is -4.59. The number of nitrogens with zero attached hydrogens (tertiary/aromatic N) is 2. The Morgan fingerprint density at radius 3 is 2.54 bits per heavy atom. The van der Waals surface area contributed by atoms with Crippen LogP contribution >= 0.6 is 0 Å². The van der Waals surface area contributed by atoms with Crippen LogP contribution in [0.15, 0.2) is 72.3 Å². The molecule has 5 rings (SSSR count). The van der Waals surface area contributed by atoms with Crippen molar-refractivity contribution in [1.82, 2.24) is 9.97 Å². The number of Topliss-reactive ketones (excluding diaryl/α,β-unsaturated/α-hetero) is 1. The van der Waals surface area contributed by atoms with Crippen LogP contribution in [0.2, 0.25) is 0 Å². The molecule has 0 spiro atoms. The van der Waals surface area contributed by atoms with Gasteiger partial charge in [0.1, 0.15) is 5.76 Å². The van der Waals surface area contributed by atoms with E-state index in [1.807, 2.05) is 37.3 Å². The Morgan fingerprint density at radius 1 is 1.09 bits per heavy atom. The molecule has 1 atom stereocenters. The number of para-hydroxylation sites is 2. The first-order valence-electron chi connectivity index (χ1n) is 11.2. The van der Waals surface area contributed by atoms with Crippen molar-refractivity contribution in [3.63, 3.8) is 0 Å². The second-order valence-corrected chi connectivity index (χ2v) is 8.27. The number of rotatable bonds is 5. The summed E-state index contributed by atoms with van der Waals surface area (Å²) in [6.45, 7) is 4.00. The van der Waals surface area contributed by atoms with Gasteiger partial charge in [-0.15, -0.1) is 0 Å². The molecule has 1 amide bonds. The number of carbonyl (C=O) groups is 2. The van der Waals surface area contributed by atoms with Gasteiger partial charge in [-0.3, -0.25) is 14.5 Å². The van der Waals surface area contributed by atoms with Gasteiger partial charge in [0.2, 0.25) is 5.95 Å². The lowest BCUT2D eigenvalue weighted by Gasteiger charge is -2.23. The number of aromatic hydroxyl groups is 1. The maximum absolute atomic E-state index is 13.3. The summed E-state index contributed by atoms with van der Waals surface area (Å²) >= 11 is 0. The van der Waals surface area contributed by atoms with Crippen LogP contribution in [0, 0.1) is 6.92 Å². The first kappa shape index (κ1) is 22.2. The van der Waals surface area contributed by atoms with Gasteiger partial charge in [0.25, 0.3) is 5.78 Å². The fourth-order valence-electron chi connectivity index (χ4n) is 4.26. The number of nitrogens with one attached hydrogen (secondary N) is 1. The van der Waals surface area contributed by atoms with Gasteiger partial charge < -0.3 is 19.9 Å². The molecule has 1 aliphatic rings. The van der Waals surface area contributed by atoms with Crippen LogP contribution in [0.1, 0.15) is 29.7 Å². The molecule has 0 aliphatic carbocycles. The van der Waals surface area contributed by atoms with Gasteiger partial charge >= 0.3 is 5.91 Å². The molecule has 1 aliphatic heterocycles. The summed E-state index contributed by atoms with van der Waals surface area (Å²) in [5, 5.41) is 21.4. The molecule has 8 nitrogen and oxygen atoms in total. The number of aliphatic hydroxyl groups is 1. The first-order chi connectivity index (χ1) is 16.9. The molecule has 3 aromatic carbocycles. The van der Waals surface area contributed by atoms with Gasteiger partial charge in [-0.2, -0.15) is 0 Å². The third-order valence-corrected chi connectivity index (χ3v) is 5.97. The lowest BCUT2D eigenvalue weighted by atomic mass is 9.95. The number of carbonyl (C=O) groups excluding carboxylic acids is 2. The maximum atomic E-state index is 13.3. The molecule has 8 heteroatoms. The van der Waals surface area contributed by atoms with Gasteiger partial charge in [-0.25, -0.2) is 4.98 Å². The summed E-state index contributed by atoms with van der Waals surface area (Å²) in [6, 6.07) is 17.9. The predicted octanol–water partition coefficient (Wildman–Crippen LogP) is 4.60. The second-order valence-electron chi connectivity index (χ2n) is 8.27. The molecule has 35 heavy (non-hydrogen) atoms. The van der Waals surface area contributed by atoms with E-state index in [1.165, 1.54) is 11.0 Å². The van der Waals surface area contributed by atoms with Crippen LogP contribution in [0.5, 0.6) is 11.5 Å². The summed E-state index contributed by atoms with van der Waals surface area (Å²) in [7, 11) is 0. The van der Waals surface area contributed by atoms with Crippen molar-refractivity contribution in [2.24, 2.45) is 0 Å². The zero-order valence-corrected chi connectivity index (χ0v) is 19.1. The summed E-state index contributed by atoms with van der Waals surface area (Å²) in [4.78, 5) is 35.5. The summed E-state index contributed by atoms with van der Waals surface area (Å²) in [6.07, 6.45) is 0. The van der Waals surface area contributed by atoms with E-state index in [1.54, 1.807) is 37.3 Å². The zero-order chi connectivity index (χ0) is 24.7. The average Bonchev–Trinajstić information content (AvgIpc) is 3.39. The Balaban J connectivity index is 1.74. The van der Waals surface area contributed by atoms with Gasteiger partial charge in [0.05, 0.1) is 29.3 Å². The zero-order valence-electron chi connectivity index (χ0n) is 19.1. The third-order valence-electron chi connectivity index (χ3n) is 5.97. The van der Waals surface area contributed by atoms with E-state index in [4.69, 9.17) is 4.74 Å². The number of imidazole rings is 1. The van der Waals surface area contributed by atoms with Crippen molar-refractivity contribution in [2.45, 2.75) is 19.9 Å². The highest BCUT2D eigenvalue weighted by atomic mass is 16.5. The Kier molecular flexibility index (Phi) is 5.49. The number of aromatic nitrogens is 2. The van der Waals surface area contributed by atoms with E-state index < -0.39 is 17.7 Å². The van der Waals surface area contributed by atoms with Crippen molar-refractivity contribution in [1.29, 1.82) is 0 Å². The normalized spacial score (nSPS) is 17.3. The quantitative estimate of drug-likeness (QED) is 0.223. The molecule has 1 fully saturated rings. The van der Waals surface area contributed by atoms with Crippen LogP contribution in [-0.4, -0.2) is 38.5 Å². The van der Waals surface area contributed by atoms with E-state index in [0.717, 1.165) is 5.56 Å².